The third-order valence-corrected chi connectivity index (χ3v) is 7.45. The van der Waals surface area contributed by atoms with Crippen LogP contribution in [0.3, 0.4) is 0 Å². The number of nitrogens with one attached hydrogen (secondary N) is 1. The van der Waals surface area contributed by atoms with E-state index in [9.17, 15) is 18.0 Å². The maximum absolute atomic E-state index is 13.3. The maximum Gasteiger partial charge on any atom is 0.242 e. The molecule has 0 radical (unpaired) electrons. The number of carbonyl (C=O) groups is 2. The van der Waals surface area contributed by atoms with E-state index in [-0.39, 0.29) is 31.3 Å². The molecule has 2 aromatic rings. The number of hydrogen-bond acceptors (Lipinski definition) is 4. The number of sulfonamides is 1. The molecular formula is C27H38ClN3O4S. The summed E-state index contributed by atoms with van der Waals surface area (Å²) in [5.41, 5.74) is 2.50. The number of nitrogens with zero attached hydrogens (tertiary/aromatic N) is 2. The number of benzene rings is 2. The van der Waals surface area contributed by atoms with E-state index in [1.165, 1.54) is 9.21 Å². The maximum atomic E-state index is 13.3. The molecule has 1 atom stereocenters. The van der Waals surface area contributed by atoms with Crippen LogP contribution in [0.5, 0.6) is 0 Å². The second-order valence-electron chi connectivity index (χ2n) is 8.93. The zero-order valence-corrected chi connectivity index (χ0v) is 23.2. The van der Waals surface area contributed by atoms with Gasteiger partial charge in [-0.25, -0.2) is 8.42 Å². The average molecular weight is 536 g/mol. The van der Waals surface area contributed by atoms with Crippen molar-refractivity contribution in [3.63, 3.8) is 0 Å². The molecule has 1 N–H and O–H groups in total. The zero-order chi connectivity index (χ0) is 26.7. The lowest BCUT2D eigenvalue weighted by Gasteiger charge is -2.29. The van der Waals surface area contributed by atoms with Gasteiger partial charge in [0.05, 0.1) is 11.9 Å². The standard InChI is InChI=1S/C27H38ClN3O4S/c1-5-7-17-29-27(33)21(3)30(20-23-10-8-11-24(28)19-23)26(32)12-9-18-31(36(4,34)35)25-15-13-22(6-2)14-16-25/h8,10-11,13-16,19,21H,5-7,9,12,17-18,20H2,1-4H3,(H,29,33)/t21-/m1/s1. The molecule has 0 saturated heterocycles. The number of anilines is 1. The molecule has 7 nitrogen and oxygen atoms in total. The highest BCUT2D eigenvalue weighted by Crippen LogP contribution is 2.20. The molecule has 198 valence electrons. The van der Waals surface area contributed by atoms with Crippen LogP contribution in [0.4, 0.5) is 5.69 Å². The highest BCUT2D eigenvalue weighted by Gasteiger charge is 2.26. The second-order valence-corrected chi connectivity index (χ2v) is 11.3. The molecule has 9 heteroatoms. The molecule has 0 spiro atoms. The zero-order valence-electron chi connectivity index (χ0n) is 21.7. The Labute approximate surface area is 220 Å². The minimum Gasteiger partial charge on any atom is -0.354 e. The van der Waals surface area contributed by atoms with Gasteiger partial charge in [-0.1, -0.05) is 56.1 Å². The Balaban J connectivity index is 2.14. The number of carbonyl (C=O) groups excluding carboxylic acids is 2. The molecule has 0 saturated carbocycles. The lowest BCUT2D eigenvalue weighted by atomic mass is 10.1. The Bertz CT molecular complexity index is 1110. The van der Waals surface area contributed by atoms with Crippen molar-refractivity contribution in [1.29, 1.82) is 0 Å². The van der Waals surface area contributed by atoms with Gasteiger partial charge in [0, 0.05) is 31.1 Å². The topological polar surface area (TPSA) is 86.8 Å². The van der Waals surface area contributed by atoms with Gasteiger partial charge in [-0.05, 0) is 61.6 Å². The van der Waals surface area contributed by atoms with Crippen molar-refractivity contribution in [1.82, 2.24) is 10.2 Å². The van der Waals surface area contributed by atoms with Crippen LogP contribution in [0.2, 0.25) is 5.02 Å². The molecule has 2 aromatic carbocycles. The van der Waals surface area contributed by atoms with Crippen LogP contribution in [0.15, 0.2) is 48.5 Å². The van der Waals surface area contributed by atoms with Gasteiger partial charge in [-0.3, -0.25) is 13.9 Å². The van der Waals surface area contributed by atoms with Crippen molar-refractivity contribution in [2.75, 3.05) is 23.7 Å². The smallest absolute Gasteiger partial charge is 0.242 e. The number of hydrogen-bond donors (Lipinski definition) is 1. The molecule has 36 heavy (non-hydrogen) atoms. The Kier molecular flexibility index (Phi) is 11.7. The SMILES string of the molecule is CCCCNC(=O)[C@@H](C)N(Cc1cccc(Cl)c1)C(=O)CCCN(c1ccc(CC)cc1)S(C)(=O)=O. The lowest BCUT2D eigenvalue weighted by molar-refractivity contribution is -0.140. The van der Waals surface area contributed by atoms with Crippen molar-refractivity contribution in [3.8, 4) is 0 Å². The van der Waals surface area contributed by atoms with Crippen LogP contribution in [-0.4, -0.2) is 50.5 Å². The first-order valence-electron chi connectivity index (χ1n) is 12.4. The van der Waals surface area contributed by atoms with Crippen LogP contribution < -0.4 is 9.62 Å². The van der Waals surface area contributed by atoms with Gasteiger partial charge >= 0.3 is 0 Å². The normalized spacial score (nSPS) is 12.1. The predicted octanol–water partition coefficient (Wildman–Crippen LogP) is 4.78. The Morgan fingerprint density at radius 3 is 2.31 bits per heavy atom. The van der Waals surface area contributed by atoms with Crippen molar-refractivity contribution in [2.24, 2.45) is 0 Å². The van der Waals surface area contributed by atoms with Crippen LogP contribution in [0, 0.1) is 0 Å². The lowest BCUT2D eigenvalue weighted by Crippen LogP contribution is -2.48. The quantitative estimate of drug-likeness (QED) is 0.353. The van der Waals surface area contributed by atoms with E-state index >= 15 is 0 Å². The number of amides is 2. The first-order chi connectivity index (χ1) is 17.1. The van der Waals surface area contributed by atoms with Crippen LogP contribution >= 0.6 is 11.6 Å². The first-order valence-corrected chi connectivity index (χ1v) is 14.7. The highest BCUT2D eigenvalue weighted by atomic mass is 35.5. The summed E-state index contributed by atoms with van der Waals surface area (Å²) in [4.78, 5) is 27.6. The van der Waals surface area contributed by atoms with Crippen LogP contribution in [-0.2, 0) is 32.6 Å². The molecule has 2 rings (SSSR count). The van der Waals surface area contributed by atoms with E-state index in [4.69, 9.17) is 11.6 Å². The van der Waals surface area contributed by atoms with Gasteiger partial charge < -0.3 is 10.2 Å². The summed E-state index contributed by atoms with van der Waals surface area (Å²) in [6.45, 7) is 6.74. The number of rotatable bonds is 14. The fourth-order valence-electron chi connectivity index (χ4n) is 3.85. The van der Waals surface area contributed by atoms with E-state index < -0.39 is 16.1 Å². The summed E-state index contributed by atoms with van der Waals surface area (Å²) in [5.74, 6) is -0.435. The van der Waals surface area contributed by atoms with E-state index in [0.717, 1.165) is 36.6 Å². The number of unbranched alkanes of at least 4 members (excludes halogenated alkanes) is 1. The fourth-order valence-corrected chi connectivity index (χ4v) is 5.03. The predicted molar refractivity (Wildman–Crippen MR) is 147 cm³/mol. The van der Waals surface area contributed by atoms with Crippen molar-refractivity contribution in [3.05, 3.63) is 64.7 Å². The fraction of sp³-hybridized carbons (Fsp3) is 0.481. The summed E-state index contributed by atoms with van der Waals surface area (Å²) in [6.07, 6.45) is 4.26. The van der Waals surface area contributed by atoms with E-state index in [1.54, 1.807) is 37.3 Å². The van der Waals surface area contributed by atoms with E-state index in [1.807, 2.05) is 32.0 Å². The molecule has 0 unspecified atom stereocenters. The Morgan fingerprint density at radius 1 is 1.03 bits per heavy atom. The van der Waals surface area contributed by atoms with Gasteiger partial charge in [0.1, 0.15) is 6.04 Å². The van der Waals surface area contributed by atoms with Gasteiger partial charge in [0.15, 0.2) is 0 Å². The highest BCUT2D eigenvalue weighted by molar-refractivity contribution is 7.92. The largest absolute Gasteiger partial charge is 0.354 e. The first kappa shape index (κ1) is 29.6. The number of halogens is 1. The minimum absolute atomic E-state index is 0.103. The molecule has 0 aliphatic heterocycles. The van der Waals surface area contributed by atoms with Gasteiger partial charge in [0.2, 0.25) is 21.8 Å². The molecule has 2 amide bonds. The summed E-state index contributed by atoms with van der Waals surface area (Å²) in [7, 11) is -3.52. The van der Waals surface area contributed by atoms with Crippen LogP contribution in [0.25, 0.3) is 0 Å². The van der Waals surface area contributed by atoms with Crippen molar-refractivity contribution >= 4 is 39.1 Å². The molecule has 0 aliphatic rings. The summed E-state index contributed by atoms with van der Waals surface area (Å²) in [5, 5.41) is 3.45. The molecular weight excluding hydrogens is 498 g/mol. The minimum atomic E-state index is -3.52. The third-order valence-electron chi connectivity index (χ3n) is 6.02. The summed E-state index contributed by atoms with van der Waals surface area (Å²) >= 11 is 6.13. The molecule has 0 bridgehead atoms. The monoisotopic (exact) mass is 535 g/mol. The van der Waals surface area contributed by atoms with Gasteiger partial charge in [-0.2, -0.15) is 0 Å². The second kappa shape index (κ2) is 14.2. The van der Waals surface area contributed by atoms with Crippen molar-refractivity contribution < 1.29 is 18.0 Å². The summed E-state index contributed by atoms with van der Waals surface area (Å²) in [6, 6.07) is 13.9. The Morgan fingerprint density at radius 2 is 1.72 bits per heavy atom. The van der Waals surface area contributed by atoms with Crippen LogP contribution in [0.1, 0.15) is 57.6 Å². The van der Waals surface area contributed by atoms with Gasteiger partial charge in [-0.15, -0.1) is 0 Å². The van der Waals surface area contributed by atoms with Crippen molar-refractivity contribution in [2.45, 2.75) is 65.5 Å². The molecule has 0 aromatic heterocycles. The molecule has 0 heterocycles. The summed E-state index contributed by atoms with van der Waals surface area (Å²) < 4.78 is 26.2. The third kappa shape index (κ3) is 9.13. The number of aryl methyl sites for hydroxylation is 1. The molecule has 0 fully saturated rings. The Hall–Kier alpha value is -2.58. The average Bonchev–Trinajstić information content (AvgIpc) is 2.84. The van der Waals surface area contributed by atoms with E-state index in [0.29, 0.717) is 23.7 Å². The molecule has 0 aliphatic carbocycles. The van der Waals surface area contributed by atoms with E-state index in [2.05, 4.69) is 5.32 Å². The van der Waals surface area contributed by atoms with Gasteiger partial charge in [0.25, 0.3) is 0 Å².